The molecule has 3 nitrogen and oxygen atoms in total. The standard InChI is InChI=1S/C58H85BN2O/c1-15-18-20-21-22-23-24-27-52(17-3)61-43-53(54(40-45(6)7)60-39-25-37-58(13,14)38-36-46(8)26-19-16-2)59(51-33-30-48(31-34-51)47(9)29-28-44(4)5)56-42-49-41-50(57(10,11)12)32-35-55(49)62-56/h15-21,24-25,27,30-35,39-42,44,46-47,60-61H,22-23,26,28-29,36-38,43H2,1-14H3/b18-15-,19-16+,21-20-,27-24-,39-25+,52-17+,54-53-. The van der Waals surface area contributed by atoms with Crippen LogP contribution in [0.4, 0.5) is 0 Å². The third-order valence-electron chi connectivity index (χ3n) is 12.0. The minimum atomic E-state index is -0.145. The molecule has 4 heteroatoms. The van der Waals surface area contributed by atoms with Crippen LogP contribution in [0, 0.1) is 17.3 Å². The van der Waals surface area contributed by atoms with E-state index in [1.807, 2.05) is 0 Å². The van der Waals surface area contributed by atoms with E-state index in [0.29, 0.717) is 24.3 Å². The number of furan rings is 1. The lowest BCUT2D eigenvalue weighted by molar-refractivity contribution is 0.302. The molecule has 0 spiro atoms. The first-order valence-electron chi connectivity index (χ1n) is 23.9. The quantitative estimate of drug-likeness (QED) is 0.0386. The van der Waals surface area contributed by atoms with Crippen LogP contribution in [0.25, 0.3) is 11.0 Å². The van der Waals surface area contributed by atoms with Gasteiger partial charge in [0.2, 0.25) is 0 Å². The van der Waals surface area contributed by atoms with Crippen LogP contribution < -0.4 is 21.8 Å². The summed E-state index contributed by atoms with van der Waals surface area (Å²) in [4.78, 5) is 0. The SMILES string of the molecule is C/C=C\C=C/CC/C=C\C(=C/C)NC/C(B(c1ccc(C(C)CCC(C)C)cc1)c1cc2cc(C(C)(C)C)ccc2o1)=C(\C=C(C)C)N/C=C/CC(C)(C)CCC(C)C/C=C/C. The highest BCUT2D eigenvalue weighted by Gasteiger charge is 2.31. The van der Waals surface area contributed by atoms with E-state index in [1.54, 1.807) is 0 Å². The number of rotatable bonds is 25. The van der Waals surface area contributed by atoms with Crippen molar-refractivity contribution in [2.45, 2.75) is 160 Å². The van der Waals surface area contributed by atoms with Crippen molar-refractivity contribution >= 4 is 28.8 Å². The first kappa shape index (κ1) is 51.9. The molecule has 0 fully saturated rings. The molecular weight excluding hydrogens is 751 g/mol. The molecule has 0 saturated carbocycles. The Morgan fingerprint density at radius 1 is 0.790 bits per heavy atom. The molecule has 2 atom stereocenters. The van der Waals surface area contributed by atoms with Gasteiger partial charge >= 0.3 is 0 Å². The van der Waals surface area contributed by atoms with E-state index in [4.69, 9.17) is 4.42 Å². The number of fused-ring (bicyclic) bond motifs is 1. The fourth-order valence-electron chi connectivity index (χ4n) is 7.74. The molecule has 0 saturated heterocycles. The zero-order valence-corrected chi connectivity index (χ0v) is 41.6. The highest BCUT2D eigenvalue weighted by Crippen LogP contribution is 2.31. The fourth-order valence-corrected chi connectivity index (χ4v) is 7.74. The molecule has 0 aliphatic carbocycles. The molecule has 0 aliphatic rings. The Kier molecular flexibility index (Phi) is 22.0. The Hall–Kier alpha value is -4.44. The number of unbranched alkanes of at least 4 members (excludes halogenated alkanes) is 1. The van der Waals surface area contributed by atoms with Gasteiger partial charge in [0.1, 0.15) is 5.58 Å². The average Bonchev–Trinajstić information content (AvgIpc) is 3.65. The lowest BCUT2D eigenvalue weighted by Gasteiger charge is -2.25. The van der Waals surface area contributed by atoms with Crippen LogP contribution in [0.1, 0.15) is 165 Å². The molecule has 0 bridgehead atoms. The molecule has 3 aromatic rings. The highest BCUT2D eigenvalue weighted by molar-refractivity contribution is 6.90. The van der Waals surface area contributed by atoms with Crippen LogP contribution >= 0.6 is 0 Å². The molecule has 3 rings (SSSR count). The molecule has 1 heterocycles. The summed E-state index contributed by atoms with van der Waals surface area (Å²) in [7, 11) is 0. The van der Waals surface area contributed by atoms with Gasteiger partial charge in [-0.2, -0.15) is 0 Å². The van der Waals surface area contributed by atoms with Gasteiger partial charge in [0.25, 0.3) is 6.71 Å². The molecule has 2 N–H and O–H groups in total. The van der Waals surface area contributed by atoms with Crippen molar-refractivity contribution in [3.05, 3.63) is 155 Å². The monoisotopic (exact) mass is 837 g/mol. The predicted octanol–water partition coefficient (Wildman–Crippen LogP) is 15.5. The average molecular weight is 837 g/mol. The summed E-state index contributed by atoms with van der Waals surface area (Å²) in [6.45, 7) is 32.2. The van der Waals surface area contributed by atoms with Gasteiger partial charge in [0.15, 0.2) is 0 Å². The van der Waals surface area contributed by atoms with Gasteiger partial charge in [0.05, 0.1) is 5.66 Å². The molecule has 0 radical (unpaired) electrons. The van der Waals surface area contributed by atoms with Crippen LogP contribution in [0.2, 0.25) is 0 Å². The van der Waals surface area contributed by atoms with Crippen molar-refractivity contribution in [1.82, 2.24) is 10.6 Å². The van der Waals surface area contributed by atoms with E-state index in [1.165, 1.54) is 53.3 Å². The molecule has 0 aliphatic heterocycles. The zero-order chi connectivity index (χ0) is 45.7. The van der Waals surface area contributed by atoms with E-state index < -0.39 is 0 Å². The van der Waals surface area contributed by atoms with E-state index in [-0.39, 0.29) is 17.5 Å². The third-order valence-corrected chi connectivity index (χ3v) is 12.0. The summed E-state index contributed by atoms with van der Waals surface area (Å²) >= 11 is 0. The molecule has 62 heavy (non-hydrogen) atoms. The fraction of sp³-hybridized carbons (Fsp3) is 0.483. The third kappa shape index (κ3) is 18.1. The molecule has 2 unspecified atom stereocenters. The normalized spacial score (nSPS) is 14.6. The van der Waals surface area contributed by atoms with Crippen LogP contribution in [-0.4, -0.2) is 13.3 Å². The van der Waals surface area contributed by atoms with Crippen molar-refractivity contribution in [3.8, 4) is 0 Å². The van der Waals surface area contributed by atoms with Gasteiger partial charge in [-0.15, -0.1) is 0 Å². The molecule has 2 aromatic carbocycles. The van der Waals surface area contributed by atoms with Crippen LogP contribution in [0.5, 0.6) is 0 Å². The molecule has 336 valence electrons. The van der Waals surface area contributed by atoms with Crippen LogP contribution in [-0.2, 0) is 5.41 Å². The van der Waals surface area contributed by atoms with E-state index in [0.717, 1.165) is 53.7 Å². The second kappa shape index (κ2) is 26.3. The Morgan fingerprint density at radius 3 is 2.16 bits per heavy atom. The van der Waals surface area contributed by atoms with Crippen LogP contribution in [0.15, 0.2) is 148 Å². The van der Waals surface area contributed by atoms with Gasteiger partial charge in [-0.1, -0.05) is 165 Å². The Balaban J connectivity index is 2.20. The van der Waals surface area contributed by atoms with Crippen molar-refractivity contribution in [2.24, 2.45) is 17.3 Å². The van der Waals surface area contributed by atoms with Gasteiger partial charge in [-0.3, -0.25) is 0 Å². The van der Waals surface area contributed by atoms with Gasteiger partial charge in [-0.05, 0) is 161 Å². The first-order valence-corrected chi connectivity index (χ1v) is 23.9. The summed E-state index contributed by atoms with van der Waals surface area (Å²) in [6.07, 6.45) is 35.5. The summed E-state index contributed by atoms with van der Waals surface area (Å²) < 4.78 is 6.95. The molecular formula is C58H85BN2O. The summed E-state index contributed by atoms with van der Waals surface area (Å²) in [6, 6.07) is 18.4. The zero-order valence-electron chi connectivity index (χ0n) is 41.6. The van der Waals surface area contributed by atoms with Crippen LogP contribution in [0.3, 0.4) is 0 Å². The number of hydrogen-bond acceptors (Lipinski definition) is 3. The number of benzene rings is 2. The summed E-state index contributed by atoms with van der Waals surface area (Å²) in [5.74, 6) is 1.89. The highest BCUT2D eigenvalue weighted by atomic mass is 16.3. The lowest BCUT2D eigenvalue weighted by atomic mass is 9.38. The number of hydrogen-bond donors (Lipinski definition) is 2. The van der Waals surface area contributed by atoms with Crippen molar-refractivity contribution < 1.29 is 4.42 Å². The van der Waals surface area contributed by atoms with Gasteiger partial charge < -0.3 is 15.1 Å². The van der Waals surface area contributed by atoms with Crippen molar-refractivity contribution in [2.75, 3.05) is 6.54 Å². The second-order valence-corrected chi connectivity index (χ2v) is 20.2. The summed E-state index contributed by atoms with van der Waals surface area (Å²) in [5.41, 5.74) is 10.7. The minimum Gasteiger partial charge on any atom is -0.470 e. The smallest absolute Gasteiger partial charge is 0.287 e. The second-order valence-electron chi connectivity index (χ2n) is 20.2. The topological polar surface area (TPSA) is 37.2 Å². The first-order chi connectivity index (χ1) is 29.5. The Bertz CT molecular complexity index is 2030. The maximum Gasteiger partial charge on any atom is 0.287 e. The number of allylic oxidation sites excluding steroid dienone is 12. The lowest BCUT2D eigenvalue weighted by Crippen LogP contribution is -2.47. The maximum atomic E-state index is 6.95. The number of nitrogens with one attached hydrogen (secondary N) is 2. The predicted molar refractivity (Wildman–Crippen MR) is 278 cm³/mol. The molecule has 1 aromatic heterocycles. The van der Waals surface area contributed by atoms with Crippen molar-refractivity contribution in [3.63, 3.8) is 0 Å². The summed E-state index contributed by atoms with van der Waals surface area (Å²) in [5, 5.41) is 8.88. The largest absolute Gasteiger partial charge is 0.470 e. The van der Waals surface area contributed by atoms with E-state index in [9.17, 15) is 0 Å². The minimum absolute atomic E-state index is 0.0352. The van der Waals surface area contributed by atoms with Crippen molar-refractivity contribution in [1.29, 1.82) is 0 Å². The van der Waals surface area contributed by atoms with E-state index >= 15 is 0 Å². The van der Waals surface area contributed by atoms with Gasteiger partial charge in [-0.25, -0.2) is 0 Å². The Morgan fingerprint density at radius 2 is 1.52 bits per heavy atom. The van der Waals surface area contributed by atoms with E-state index in [2.05, 4.69) is 229 Å². The Labute approximate surface area is 380 Å². The maximum absolute atomic E-state index is 6.95. The van der Waals surface area contributed by atoms with Gasteiger partial charge in [0, 0.05) is 23.3 Å². The molecule has 0 amide bonds.